The molecule has 0 aliphatic rings. The third-order valence-electron chi connectivity index (χ3n) is 6.78. The van der Waals surface area contributed by atoms with Gasteiger partial charge in [0, 0.05) is 40.2 Å². The second-order valence-electron chi connectivity index (χ2n) is 10.7. The number of carbonyl (C=O) groups excluding carboxylic acids is 1. The van der Waals surface area contributed by atoms with Crippen LogP contribution in [-0.4, -0.2) is 38.2 Å². The lowest BCUT2D eigenvalue weighted by Gasteiger charge is -2.17. The van der Waals surface area contributed by atoms with E-state index in [9.17, 15) is 9.18 Å². The fourth-order valence-electron chi connectivity index (χ4n) is 4.63. The molecule has 6 rings (SSSR count). The molecule has 8 nitrogen and oxygen atoms in total. The topological polar surface area (TPSA) is 109 Å². The Morgan fingerprint density at radius 1 is 0.950 bits per heavy atom. The molecular formula is C31H27FN6O2. The van der Waals surface area contributed by atoms with Crippen molar-refractivity contribution in [2.75, 3.05) is 12.4 Å². The van der Waals surface area contributed by atoms with Crippen LogP contribution in [0.15, 0.2) is 73.2 Å². The zero-order valence-corrected chi connectivity index (χ0v) is 22.5. The van der Waals surface area contributed by atoms with Crippen molar-refractivity contribution in [2.45, 2.75) is 20.8 Å². The number of nitrogens with one attached hydrogen (secondary N) is 3. The number of pyridine rings is 2. The predicted octanol–water partition coefficient (Wildman–Crippen LogP) is 6.97. The van der Waals surface area contributed by atoms with Crippen molar-refractivity contribution in [3.8, 4) is 39.4 Å². The number of benzene rings is 2. The molecule has 0 bridgehead atoms. The van der Waals surface area contributed by atoms with E-state index in [4.69, 9.17) is 4.74 Å². The van der Waals surface area contributed by atoms with E-state index in [0.717, 1.165) is 44.4 Å². The highest BCUT2D eigenvalue weighted by Crippen LogP contribution is 2.36. The Bertz CT molecular complexity index is 1900. The molecule has 4 aromatic heterocycles. The quantitative estimate of drug-likeness (QED) is 0.221. The van der Waals surface area contributed by atoms with E-state index in [-0.39, 0.29) is 11.7 Å². The number of ether oxygens (including phenoxy) is 1. The molecule has 0 atom stereocenters. The number of amides is 1. The number of nitrogens with zero attached hydrogens (tertiary/aromatic N) is 3. The first kappa shape index (κ1) is 25.2. The molecule has 0 aliphatic carbocycles. The summed E-state index contributed by atoms with van der Waals surface area (Å²) in [6.45, 7) is 5.60. The summed E-state index contributed by atoms with van der Waals surface area (Å²) in [4.78, 5) is 24.7. The molecule has 0 aliphatic heterocycles. The van der Waals surface area contributed by atoms with E-state index in [1.165, 1.54) is 19.2 Å². The summed E-state index contributed by atoms with van der Waals surface area (Å²) in [5.74, 6) is -0.0157. The minimum atomic E-state index is -0.518. The average molecular weight is 535 g/mol. The van der Waals surface area contributed by atoms with Crippen LogP contribution in [0.2, 0.25) is 0 Å². The summed E-state index contributed by atoms with van der Waals surface area (Å²) in [6, 6.07) is 16.4. The maximum atomic E-state index is 14.3. The van der Waals surface area contributed by atoms with Crippen molar-refractivity contribution in [1.82, 2.24) is 25.1 Å². The summed E-state index contributed by atoms with van der Waals surface area (Å²) < 4.78 is 19.5. The number of anilines is 1. The van der Waals surface area contributed by atoms with E-state index in [1.807, 2.05) is 57.2 Å². The Hall–Kier alpha value is -5.05. The zero-order valence-electron chi connectivity index (χ0n) is 22.5. The summed E-state index contributed by atoms with van der Waals surface area (Å²) in [5, 5.41) is 12.4. The summed E-state index contributed by atoms with van der Waals surface area (Å²) in [7, 11) is 1.51. The van der Waals surface area contributed by atoms with E-state index < -0.39 is 5.41 Å². The van der Waals surface area contributed by atoms with Crippen LogP contribution in [-0.2, 0) is 4.79 Å². The van der Waals surface area contributed by atoms with Gasteiger partial charge in [0.15, 0.2) is 0 Å². The summed E-state index contributed by atoms with van der Waals surface area (Å²) in [6.07, 6.45) is 5.09. The summed E-state index contributed by atoms with van der Waals surface area (Å²) in [5.41, 5.74) is 6.44. The van der Waals surface area contributed by atoms with Gasteiger partial charge in [0.2, 0.25) is 5.91 Å². The second-order valence-corrected chi connectivity index (χ2v) is 10.7. The molecule has 2 aromatic carbocycles. The zero-order chi connectivity index (χ0) is 28.0. The fourth-order valence-corrected chi connectivity index (χ4v) is 4.63. The van der Waals surface area contributed by atoms with Crippen LogP contribution in [0.3, 0.4) is 0 Å². The molecule has 40 heavy (non-hydrogen) atoms. The predicted molar refractivity (Wildman–Crippen MR) is 154 cm³/mol. The lowest BCUT2D eigenvalue weighted by atomic mass is 9.95. The van der Waals surface area contributed by atoms with Gasteiger partial charge in [-0.25, -0.2) is 9.37 Å². The van der Waals surface area contributed by atoms with Gasteiger partial charge in [0.05, 0.1) is 30.2 Å². The third-order valence-corrected chi connectivity index (χ3v) is 6.78. The van der Waals surface area contributed by atoms with Gasteiger partial charge in [-0.15, -0.1) is 0 Å². The number of fused-ring (bicyclic) bond motifs is 2. The largest absolute Gasteiger partial charge is 0.497 e. The van der Waals surface area contributed by atoms with E-state index in [0.29, 0.717) is 22.6 Å². The molecule has 0 saturated heterocycles. The highest BCUT2D eigenvalue weighted by atomic mass is 19.1. The molecule has 0 spiro atoms. The van der Waals surface area contributed by atoms with Crippen LogP contribution in [0.5, 0.6) is 5.75 Å². The lowest BCUT2D eigenvalue weighted by Crippen LogP contribution is -2.27. The minimum absolute atomic E-state index is 0.0810. The second kappa shape index (κ2) is 9.60. The number of hydrogen-bond acceptors (Lipinski definition) is 5. The first-order valence-corrected chi connectivity index (χ1v) is 12.8. The number of aromatic nitrogens is 5. The van der Waals surface area contributed by atoms with Gasteiger partial charge < -0.3 is 15.0 Å². The van der Waals surface area contributed by atoms with Gasteiger partial charge >= 0.3 is 0 Å². The molecular weight excluding hydrogens is 507 g/mol. The van der Waals surface area contributed by atoms with Gasteiger partial charge in [0.25, 0.3) is 0 Å². The number of carbonyl (C=O) groups is 1. The van der Waals surface area contributed by atoms with Crippen molar-refractivity contribution < 1.29 is 13.9 Å². The molecule has 1 amide bonds. The number of rotatable bonds is 5. The third kappa shape index (κ3) is 4.66. The van der Waals surface area contributed by atoms with E-state index in [2.05, 4.69) is 30.5 Å². The Balaban J connectivity index is 1.40. The molecule has 0 radical (unpaired) electrons. The van der Waals surface area contributed by atoms with Crippen LogP contribution >= 0.6 is 0 Å². The van der Waals surface area contributed by atoms with Crippen LogP contribution < -0.4 is 10.1 Å². The van der Waals surface area contributed by atoms with Crippen LogP contribution in [0.4, 0.5) is 10.1 Å². The first-order valence-electron chi connectivity index (χ1n) is 12.8. The molecule has 200 valence electrons. The number of hydrogen-bond donors (Lipinski definition) is 3. The monoisotopic (exact) mass is 534 g/mol. The lowest BCUT2D eigenvalue weighted by molar-refractivity contribution is -0.123. The molecule has 0 saturated carbocycles. The maximum Gasteiger partial charge on any atom is 0.229 e. The van der Waals surface area contributed by atoms with Gasteiger partial charge in [0.1, 0.15) is 22.9 Å². The van der Waals surface area contributed by atoms with Crippen molar-refractivity contribution in [3.63, 3.8) is 0 Å². The summed E-state index contributed by atoms with van der Waals surface area (Å²) >= 11 is 0. The Morgan fingerprint density at radius 2 is 1.80 bits per heavy atom. The van der Waals surface area contributed by atoms with E-state index in [1.54, 1.807) is 24.7 Å². The first-order chi connectivity index (χ1) is 19.2. The van der Waals surface area contributed by atoms with E-state index >= 15 is 0 Å². The standard InChI is InChI=1S/C31H27FN6O2/c1-31(2,3)30(39)35-21-10-19(15-33-16-21)17-5-6-26-25(12-17)28(38-37-26)27-14-24-23(7-8-34-29(24)36-27)18-9-20(32)13-22(11-18)40-4/h5-16H,1-4H3,(H,34,36)(H,35,39)(H,37,38). The molecule has 0 unspecified atom stereocenters. The SMILES string of the molecule is COc1cc(F)cc(-c2ccnc3[nH]c(-c4n[nH]c5ccc(-c6cncc(NC(=O)C(C)(C)C)c6)cc45)cc23)c1. The molecule has 4 heterocycles. The maximum absolute atomic E-state index is 14.3. The fraction of sp³-hybridized carbons (Fsp3) is 0.161. The number of halogens is 1. The van der Waals surface area contributed by atoms with Crippen molar-refractivity contribution in [3.05, 3.63) is 79.0 Å². The van der Waals surface area contributed by atoms with Crippen LogP contribution in [0, 0.1) is 11.2 Å². The van der Waals surface area contributed by atoms with Gasteiger partial charge in [-0.2, -0.15) is 5.10 Å². The van der Waals surface area contributed by atoms with Crippen molar-refractivity contribution in [2.24, 2.45) is 5.41 Å². The van der Waals surface area contributed by atoms with Gasteiger partial charge in [-0.05, 0) is 59.2 Å². The molecule has 9 heteroatoms. The van der Waals surface area contributed by atoms with Crippen LogP contribution in [0.25, 0.3) is 55.6 Å². The molecule has 3 N–H and O–H groups in total. The number of aromatic amines is 2. The number of methoxy groups -OCH3 is 1. The smallest absolute Gasteiger partial charge is 0.229 e. The highest BCUT2D eigenvalue weighted by molar-refractivity contribution is 6.01. The minimum Gasteiger partial charge on any atom is -0.497 e. The Labute approximate surface area is 229 Å². The van der Waals surface area contributed by atoms with Crippen molar-refractivity contribution in [1.29, 1.82) is 0 Å². The van der Waals surface area contributed by atoms with Gasteiger partial charge in [-0.1, -0.05) is 26.8 Å². The molecule has 6 aromatic rings. The highest BCUT2D eigenvalue weighted by Gasteiger charge is 2.21. The molecule has 0 fully saturated rings. The Kier molecular flexibility index (Phi) is 6.06. The van der Waals surface area contributed by atoms with Crippen LogP contribution in [0.1, 0.15) is 20.8 Å². The number of H-pyrrole nitrogens is 2. The Morgan fingerprint density at radius 3 is 2.60 bits per heavy atom. The normalized spacial score (nSPS) is 11.7. The van der Waals surface area contributed by atoms with Crippen molar-refractivity contribution >= 4 is 33.5 Å². The van der Waals surface area contributed by atoms with Gasteiger partial charge in [-0.3, -0.25) is 14.9 Å². The average Bonchev–Trinajstić information content (AvgIpc) is 3.56.